The van der Waals surface area contributed by atoms with E-state index in [1.807, 2.05) is 27.2 Å². The lowest BCUT2D eigenvalue weighted by Crippen LogP contribution is -2.62. The summed E-state index contributed by atoms with van der Waals surface area (Å²) in [5, 5.41) is 35.0. The van der Waals surface area contributed by atoms with Gasteiger partial charge in [-0.25, -0.2) is 0 Å². The zero-order valence-corrected chi connectivity index (χ0v) is 81.2. The third-order valence-electron chi connectivity index (χ3n) is 39.7. The molecule has 10 saturated carbocycles. The lowest BCUT2D eigenvalue weighted by Gasteiger charge is -2.60. The molecule has 19 nitrogen and oxygen atoms in total. The van der Waals surface area contributed by atoms with Gasteiger partial charge in [0.2, 0.25) is 0 Å². The molecule has 5 aromatic heterocycles. The van der Waals surface area contributed by atoms with E-state index in [9.17, 15) is 14.7 Å². The number of carbonyl (C=O) groups is 2. The van der Waals surface area contributed by atoms with E-state index in [4.69, 9.17) is 53.9 Å². The number of nitrogens with zero attached hydrogens (tertiary/aromatic N) is 10. The number of hydrogen-bond acceptors (Lipinski definition) is 14. The van der Waals surface area contributed by atoms with Gasteiger partial charge in [-0.15, -0.1) is 0 Å². The average Bonchev–Trinajstić information content (AvgIpc) is 1.50. The number of fused-ring (bicyclic) bond motifs is 23. The van der Waals surface area contributed by atoms with Crippen LogP contribution >= 0.6 is 15.9 Å². The first-order chi connectivity index (χ1) is 62.8. The predicted molar refractivity (Wildman–Crippen MR) is 507 cm³/mol. The van der Waals surface area contributed by atoms with Gasteiger partial charge >= 0.3 is 0 Å². The molecule has 1 N–H and O–H groups in total. The number of hydrogen-bond donors (Lipinski definition) is 1. The molecule has 3 aliphatic heterocycles. The molecular formula is C110H143BrN10O9. The van der Waals surface area contributed by atoms with Crippen LogP contribution in [0.5, 0.6) is 0 Å². The fourth-order valence-corrected chi connectivity index (χ4v) is 35.0. The van der Waals surface area contributed by atoms with Gasteiger partial charge in [-0.3, -0.25) is 33.0 Å². The van der Waals surface area contributed by atoms with Crippen LogP contribution in [-0.4, -0.2) is 123 Å². The zero-order chi connectivity index (χ0) is 89.4. The number of ketones is 2. The maximum Gasteiger partial charge on any atom is 0.174 e. The van der Waals surface area contributed by atoms with Crippen molar-refractivity contribution in [1.82, 2.24) is 48.9 Å². The molecule has 20 heteroatoms. The van der Waals surface area contributed by atoms with Gasteiger partial charge in [-0.1, -0.05) is 190 Å². The van der Waals surface area contributed by atoms with Crippen LogP contribution in [0.1, 0.15) is 309 Å². The molecule has 694 valence electrons. The fraction of sp³-hybridized carbons (Fsp3) is 0.664. The van der Waals surface area contributed by atoms with E-state index in [1.54, 1.807) is 0 Å². The highest BCUT2D eigenvalue weighted by molar-refractivity contribution is 9.10. The quantitative estimate of drug-likeness (QED) is 0.129. The molecule has 10 atom stereocenters. The van der Waals surface area contributed by atoms with Gasteiger partial charge < -0.3 is 33.5 Å². The molecule has 130 heavy (non-hydrogen) atoms. The number of aryl methyl sites for hydroxylation is 6. The fourth-order valence-electron chi connectivity index (χ4n) is 34.5. The summed E-state index contributed by atoms with van der Waals surface area (Å²) < 4.78 is 49.8. The third-order valence-corrected chi connectivity index (χ3v) is 40.7. The van der Waals surface area contributed by atoms with Gasteiger partial charge in [0.05, 0.1) is 91.5 Å². The van der Waals surface area contributed by atoms with E-state index in [0.717, 1.165) is 180 Å². The second-order valence-corrected chi connectivity index (χ2v) is 46.0. The summed E-state index contributed by atoms with van der Waals surface area (Å²) in [5.41, 5.74) is 22.3. The Hall–Kier alpha value is -7.17. The van der Waals surface area contributed by atoms with Crippen molar-refractivity contribution in [3.63, 3.8) is 0 Å². The molecule has 3 saturated heterocycles. The maximum absolute atomic E-state index is 13.3. The summed E-state index contributed by atoms with van der Waals surface area (Å²) >= 11 is 3.76. The minimum Gasteiger partial charge on any atom is -0.515 e. The summed E-state index contributed by atoms with van der Waals surface area (Å²) in [6.45, 7) is 16.8. The second-order valence-electron chi connectivity index (χ2n) is 45.2. The van der Waals surface area contributed by atoms with Crippen LogP contribution in [0.15, 0.2) is 114 Å². The molecule has 0 bridgehead atoms. The number of benzene rings is 3. The van der Waals surface area contributed by atoms with Crippen LogP contribution < -0.4 is 0 Å². The maximum atomic E-state index is 13.3. The molecule has 18 aliphatic rings. The monoisotopic (exact) mass is 1830 g/mol. The standard InChI is InChI=1S/C25H32N2O2.C24H28N2O2.C23H28N2O.C19H27BrN2O2.C19H28N2O2/c1-23-14-15-25(28-16-17-29-25)24(12-6-7-13-24)20(23)11-10-19-21(27(2)26-22(19)23)18-8-4-3-5-9-18;1-23-14-17(15-27)22(28)24(12-6-7-13-24)19(23)11-10-18-20(26(2)25-21(18)23)16-8-4-3-5-9-16;1-22-15-12-19(26)23(13-6-7-14-23)18(22)11-10-17-20(25(2)24-21(17)22)16-8-4-3-5-9-16;1-17-9-10-19(23-11-12-24-19)18(7-3-4-8-18)14(17)6-5-13-15(17)21-22(2)16(13)20;1-17-9-10-19(22-11-12-23-19)18(7-3-4-8-18)15(17)6-5-14-13-21(2)20-16(14)17/h3-5,8-9,20H,6-7,10-17H2,1-2H3;3-5,8-9,15,19,27H,6-7,10-14H2,1-2H3;3-5,8-9,18H,6-7,10-15H2,1-2H3;14H,3-12H2,1-2H3;13,15H,3-12H2,1-2H3/b;17-15-;;;/t20-,23+;19-,23+;18-,22+;14-,17+;15-,17+/m11111/s1. The van der Waals surface area contributed by atoms with Crippen LogP contribution in [0.3, 0.4) is 0 Å². The van der Waals surface area contributed by atoms with Crippen molar-refractivity contribution in [2.75, 3.05) is 39.6 Å². The number of rotatable bonds is 3. The van der Waals surface area contributed by atoms with Gasteiger partial charge in [0.25, 0.3) is 0 Å². The van der Waals surface area contributed by atoms with E-state index in [1.165, 1.54) is 205 Å². The van der Waals surface area contributed by atoms with Gasteiger partial charge in [-0.2, -0.15) is 25.5 Å². The Balaban J connectivity index is 0.0000000955. The second kappa shape index (κ2) is 32.5. The minimum absolute atomic E-state index is 0.0465. The minimum atomic E-state index is -0.331. The molecule has 0 radical (unpaired) electrons. The summed E-state index contributed by atoms with van der Waals surface area (Å²) in [4.78, 5) is 26.3. The molecule has 8 aromatic rings. The molecule has 15 aliphatic carbocycles. The molecule has 0 unspecified atom stereocenters. The number of halogens is 1. The Bertz CT molecular complexity index is 5630. The Morgan fingerprint density at radius 1 is 0.354 bits per heavy atom. The van der Waals surface area contributed by atoms with Crippen LogP contribution in [0, 0.1) is 56.7 Å². The highest BCUT2D eigenvalue weighted by Gasteiger charge is 2.73. The van der Waals surface area contributed by atoms with Crippen molar-refractivity contribution in [3.8, 4) is 33.8 Å². The van der Waals surface area contributed by atoms with E-state index in [-0.39, 0.29) is 77.3 Å². The number of aliphatic hydroxyl groups excluding tert-OH is 1. The predicted octanol–water partition coefficient (Wildman–Crippen LogP) is 22.2. The van der Waals surface area contributed by atoms with Gasteiger partial charge in [0.15, 0.2) is 23.1 Å². The SMILES string of the molecule is Cn1cc2c(n1)[C@@]1(C)CCC3(OCCO3)C3(CCCC3)[C@@H]1CC2.Cn1nc2c(c1-c1ccccc1)CC[C@H]1C3(CCCC3)C(=O)/C(=C\O)C[C@]21C.Cn1nc2c(c1-c1ccccc1)CC[C@H]1C3(CCCC3)C(=O)CC[C@]21C.Cn1nc2c(c1-c1ccccc1)CC[C@H]1C3(CCCC3)C3(CC[C@]21C)OCCO3.Cn1nc2c(c1Br)CC[C@H]1C3(CCCC3)C3(CC[C@]21C)OCCO3. The third kappa shape index (κ3) is 12.8. The molecule has 13 fully saturated rings. The van der Waals surface area contributed by atoms with Crippen LogP contribution in [0.4, 0.5) is 0 Å². The van der Waals surface area contributed by atoms with Crippen molar-refractivity contribution < 1.29 is 43.1 Å². The van der Waals surface area contributed by atoms with E-state index < -0.39 is 0 Å². The summed E-state index contributed by atoms with van der Waals surface area (Å²) in [5.74, 6) is 2.47. The van der Waals surface area contributed by atoms with Crippen molar-refractivity contribution in [2.24, 2.45) is 91.9 Å². The van der Waals surface area contributed by atoms with Crippen LogP contribution in [-0.2, 0) is 132 Å². The van der Waals surface area contributed by atoms with Crippen molar-refractivity contribution >= 4 is 27.5 Å². The number of aromatic nitrogens is 10. The van der Waals surface area contributed by atoms with Crippen LogP contribution in [0.2, 0.25) is 0 Å². The average molecular weight is 1830 g/mol. The Morgan fingerprint density at radius 2 is 0.677 bits per heavy atom. The van der Waals surface area contributed by atoms with Crippen molar-refractivity contribution in [2.45, 2.75) is 329 Å². The largest absolute Gasteiger partial charge is 0.515 e. The molecule has 0 amide bonds. The zero-order valence-electron chi connectivity index (χ0n) is 79.6. The van der Waals surface area contributed by atoms with E-state index in [2.05, 4.69) is 179 Å². The van der Waals surface area contributed by atoms with Gasteiger partial charge in [0, 0.05) is 166 Å². The Labute approximate surface area is 779 Å². The normalized spacial score (nSPS) is 32.7. The molecular weight excluding hydrogens is 1690 g/mol. The topological polar surface area (TPSA) is 199 Å². The highest BCUT2D eigenvalue weighted by Crippen LogP contribution is 2.73. The van der Waals surface area contributed by atoms with Crippen molar-refractivity contribution in [3.05, 3.63) is 170 Å². The molecule has 8 heterocycles. The number of aliphatic hydroxyl groups is 1. The summed E-state index contributed by atoms with van der Waals surface area (Å²) in [6.07, 6.45) is 47.7. The van der Waals surface area contributed by atoms with Gasteiger partial charge in [-0.05, 0) is 212 Å². The highest BCUT2D eigenvalue weighted by atomic mass is 79.9. The van der Waals surface area contributed by atoms with Gasteiger partial charge in [0.1, 0.15) is 10.4 Å². The number of carbonyl (C=O) groups excluding carboxylic acids is 2. The summed E-state index contributed by atoms with van der Waals surface area (Å²) in [6, 6.07) is 31.9. The van der Waals surface area contributed by atoms with E-state index >= 15 is 0 Å². The molecule has 26 rings (SSSR count). The first-order valence-corrected chi connectivity index (χ1v) is 51.9. The Kier molecular flexibility index (Phi) is 22.1. The first kappa shape index (κ1) is 88.1. The lowest BCUT2D eigenvalue weighted by molar-refractivity contribution is -0.286. The smallest absolute Gasteiger partial charge is 0.174 e. The number of allylic oxidation sites excluding steroid dienone is 1. The van der Waals surface area contributed by atoms with Crippen molar-refractivity contribution in [1.29, 1.82) is 0 Å². The number of Topliss-reactive ketones (excluding diaryl/α,β-unsaturated/α-hetero) is 2. The first-order valence-electron chi connectivity index (χ1n) is 51.1. The molecule has 3 aromatic carbocycles. The lowest BCUT2D eigenvalue weighted by atomic mass is 9.47. The number of ether oxygens (including phenoxy) is 6. The van der Waals surface area contributed by atoms with Crippen LogP contribution in [0.25, 0.3) is 33.8 Å². The van der Waals surface area contributed by atoms with E-state index in [0.29, 0.717) is 47.4 Å². The summed E-state index contributed by atoms with van der Waals surface area (Å²) in [7, 11) is 10.4. The molecule has 8 spiro atoms. The Morgan fingerprint density at radius 3 is 1.08 bits per heavy atom.